The van der Waals surface area contributed by atoms with Crippen molar-refractivity contribution >= 4 is 17.7 Å². The van der Waals surface area contributed by atoms with Crippen LogP contribution in [0.2, 0.25) is 0 Å². The minimum Gasteiger partial charge on any atom is -0.393 e. The van der Waals surface area contributed by atoms with Crippen LogP contribution >= 0.6 is 11.8 Å². The summed E-state index contributed by atoms with van der Waals surface area (Å²) >= 11 is 1.56. The van der Waals surface area contributed by atoms with Gasteiger partial charge in [-0.3, -0.25) is 9.78 Å². The van der Waals surface area contributed by atoms with Crippen LogP contribution in [0.3, 0.4) is 0 Å². The van der Waals surface area contributed by atoms with Gasteiger partial charge in [-0.05, 0) is 30.9 Å². The predicted octanol–water partition coefficient (Wildman–Crippen LogP) is 2.23. The highest BCUT2D eigenvalue weighted by atomic mass is 32.2. The molecule has 1 aromatic rings. The van der Waals surface area contributed by atoms with Crippen molar-refractivity contribution in [1.29, 1.82) is 0 Å². The first kappa shape index (κ1) is 17.0. The molecule has 0 radical (unpaired) electrons. The summed E-state index contributed by atoms with van der Waals surface area (Å²) in [4.78, 5) is 16.0. The van der Waals surface area contributed by atoms with Crippen LogP contribution in [0.25, 0.3) is 0 Å². The Morgan fingerprint density at radius 2 is 2.25 bits per heavy atom. The second kappa shape index (κ2) is 8.27. The lowest BCUT2D eigenvalue weighted by atomic mass is 9.87. The van der Waals surface area contributed by atoms with Crippen LogP contribution < -0.4 is 5.32 Å². The molecule has 0 aliphatic rings. The van der Waals surface area contributed by atoms with Crippen LogP contribution in [-0.4, -0.2) is 34.4 Å². The van der Waals surface area contributed by atoms with Crippen LogP contribution in [0.1, 0.15) is 32.9 Å². The molecule has 4 nitrogen and oxygen atoms in total. The maximum absolute atomic E-state index is 11.8. The Morgan fingerprint density at radius 3 is 2.85 bits per heavy atom. The molecule has 20 heavy (non-hydrogen) atoms. The van der Waals surface area contributed by atoms with Crippen molar-refractivity contribution in [3.63, 3.8) is 0 Å². The van der Waals surface area contributed by atoms with Gasteiger partial charge in [0.25, 0.3) is 0 Å². The van der Waals surface area contributed by atoms with Gasteiger partial charge in [0, 0.05) is 18.5 Å². The van der Waals surface area contributed by atoms with Crippen molar-refractivity contribution in [2.75, 3.05) is 12.3 Å². The van der Waals surface area contributed by atoms with Gasteiger partial charge >= 0.3 is 0 Å². The summed E-state index contributed by atoms with van der Waals surface area (Å²) < 4.78 is 0. The lowest BCUT2D eigenvalue weighted by Crippen LogP contribution is -2.36. The Kier molecular flexibility index (Phi) is 7.02. The van der Waals surface area contributed by atoms with Gasteiger partial charge in [0.1, 0.15) is 0 Å². The van der Waals surface area contributed by atoms with Crippen molar-refractivity contribution < 1.29 is 9.90 Å². The second-order valence-corrected chi connectivity index (χ2v) is 6.79. The van der Waals surface area contributed by atoms with Crippen LogP contribution in [0.5, 0.6) is 0 Å². The summed E-state index contributed by atoms with van der Waals surface area (Å²) in [6.07, 6.45) is 2.09. The number of carbonyl (C=O) groups is 1. The Labute approximate surface area is 125 Å². The van der Waals surface area contributed by atoms with E-state index in [0.29, 0.717) is 18.7 Å². The molecule has 1 rings (SSSR count). The molecule has 2 N–H and O–H groups in total. The van der Waals surface area contributed by atoms with E-state index in [2.05, 4.69) is 10.3 Å². The first-order valence-electron chi connectivity index (χ1n) is 6.81. The molecule has 0 aliphatic heterocycles. The predicted molar refractivity (Wildman–Crippen MR) is 83.5 cm³/mol. The van der Waals surface area contributed by atoms with Crippen molar-refractivity contribution in [1.82, 2.24) is 10.3 Å². The zero-order valence-electron chi connectivity index (χ0n) is 12.4. The number of hydrogen-bond donors (Lipinski definition) is 2. The molecule has 0 saturated heterocycles. The van der Waals surface area contributed by atoms with E-state index >= 15 is 0 Å². The third kappa shape index (κ3) is 7.50. The summed E-state index contributed by atoms with van der Waals surface area (Å²) in [5.41, 5.74) is 0.898. The van der Waals surface area contributed by atoms with Crippen molar-refractivity contribution in [3.05, 3.63) is 30.1 Å². The Balaban J connectivity index is 2.20. The van der Waals surface area contributed by atoms with Crippen LogP contribution in [0.4, 0.5) is 0 Å². The molecule has 0 bridgehead atoms. The van der Waals surface area contributed by atoms with Crippen molar-refractivity contribution in [2.24, 2.45) is 5.41 Å². The smallest absolute Gasteiger partial charge is 0.230 e. The molecule has 0 aromatic carbocycles. The summed E-state index contributed by atoms with van der Waals surface area (Å²) in [6.45, 7) is 6.44. The SMILES string of the molecule is CC(O)CC(C)(C)CNC(=O)CSCc1ccccn1. The molecule has 5 heteroatoms. The number of amides is 1. The Morgan fingerprint density at radius 1 is 1.50 bits per heavy atom. The molecular weight excluding hydrogens is 272 g/mol. The van der Waals surface area contributed by atoms with Gasteiger partial charge in [0.2, 0.25) is 5.91 Å². The number of carbonyl (C=O) groups excluding carboxylic acids is 1. The third-order valence-electron chi connectivity index (χ3n) is 2.82. The number of nitrogens with zero attached hydrogens (tertiary/aromatic N) is 1. The van der Waals surface area contributed by atoms with Crippen LogP contribution in [0.15, 0.2) is 24.4 Å². The molecule has 1 unspecified atom stereocenters. The van der Waals surface area contributed by atoms with Gasteiger partial charge in [0.15, 0.2) is 0 Å². The summed E-state index contributed by atoms with van der Waals surface area (Å²) in [6, 6.07) is 5.78. The molecule has 1 heterocycles. The number of hydrogen-bond acceptors (Lipinski definition) is 4. The van der Waals surface area contributed by atoms with Crippen LogP contribution in [-0.2, 0) is 10.5 Å². The molecule has 1 amide bonds. The van der Waals surface area contributed by atoms with E-state index in [1.54, 1.807) is 24.9 Å². The van der Waals surface area contributed by atoms with Crippen molar-refractivity contribution in [3.8, 4) is 0 Å². The van der Waals surface area contributed by atoms with Crippen LogP contribution in [0, 0.1) is 5.41 Å². The fourth-order valence-corrected chi connectivity index (χ4v) is 2.76. The minimum absolute atomic E-state index is 0.0320. The van der Waals surface area contributed by atoms with Crippen molar-refractivity contribution in [2.45, 2.75) is 39.0 Å². The summed E-state index contributed by atoms with van der Waals surface area (Å²) in [5.74, 6) is 1.21. The molecule has 0 spiro atoms. The number of pyridine rings is 1. The number of rotatable bonds is 8. The van der Waals surface area contributed by atoms with E-state index < -0.39 is 0 Å². The molecule has 1 aromatic heterocycles. The molecule has 1 atom stereocenters. The fourth-order valence-electron chi connectivity index (χ4n) is 1.99. The van der Waals surface area contributed by atoms with Gasteiger partial charge in [-0.2, -0.15) is 0 Å². The first-order chi connectivity index (χ1) is 9.39. The standard InChI is InChI=1S/C15H24N2O2S/c1-12(18)8-15(2,3)11-17-14(19)10-20-9-13-6-4-5-7-16-13/h4-7,12,18H,8-11H2,1-3H3,(H,17,19). The maximum atomic E-state index is 11.8. The molecule has 0 aliphatic carbocycles. The number of aromatic nitrogens is 1. The quantitative estimate of drug-likeness (QED) is 0.772. The van der Waals surface area contributed by atoms with Gasteiger partial charge in [-0.15, -0.1) is 11.8 Å². The topological polar surface area (TPSA) is 62.2 Å². The largest absolute Gasteiger partial charge is 0.393 e. The van der Waals surface area contributed by atoms with E-state index in [1.165, 1.54) is 0 Å². The van der Waals surface area contributed by atoms with E-state index in [-0.39, 0.29) is 17.4 Å². The van der Waals surface area contributed by atoms with Gasteiger partial charge in [0.05, 0.1) is 17.6 Å². The average molecular weight is 296 g/mol. The molecule has 112 valence electrons. The number of thioether (sulfide) groups is 1. The fraction of sp³-hybridized carbons (Fsp3) is 0.600. The molecule has 0 saturated carbocycles. The van der Waals surface area contributed by atoms with E-state index in [4.69, 9.17) is 0 Å². The zero-order valence-corrected chi connectivity index (χ0v) is 13.2. The van der Waals surface area contributed by atoms with E-state index in [9.17, 15) is 9.90 Å². The maximum Gasteiger partial charge on any atom is 0.230 e. The monoisotopic (exact) mass is 296 g/mol. The number of aliphatic hydroxyl groups excluding tert-OH is 1. The van der Waals surface area contributed by atoms with Gasteiger partial charge < -0.3 is 10.4 Å². The molecular formula is C15H24N2O2S. The highest BCUT2D eigenvalue weighted by molar-refractivity contribution is 7.99. The lowest BCUT2D eigenvalue weighted by molar-refractivity contribution is -0.119. The number of aliphatic hydroxyl groups is 1. The first-order valence-corrected chi connectivity index (χ1v) is 7.97. The third-order valence-corrected chi connectivity index (χ3v) is 3.79. The number of nitrogens with one attached hydrogen (secondary N) is 1. The summed E-state index contributed by atoms with van der Waals surface area (Å²) in [5, 5.41) is 12.3. The average Bonchev–Trinajstić information content (AvgIpc) is 2.36. The van der Waals surface area contributed by atoms with Gasteiger partial charge in [-0.1, -0.05) is 19.9 Å². The highest BCUT2D eigenvalue weighted by Gasteiger charge is 2.20. The van der Waals surface area contributed by atoms with E-state index in [0.717, 1.165) is 11.4 Å². The zero-order chi connectivity index (χ0) is 15.0. The van der Waals surface area contributed by atoms with E-state index in [1.807, 2.05) is 32.0 Å². The highest BCUT2D eigenvalue weighted by Crippen LogP contribution is 2.21. The Hall–Kier alpha value is -1.07. The molecule has 0 fully saturated rings. The minimum atomic E-state index is -0.347. The normalized spacial score (nSPS) is 13.0. The lowest BCUT2D eigenvalue weighted by Gasteiger charge is -2.26. The van der Waals surface area contributed by atoms with Gasteiger partial charge in [-0.25, -0.2) is 0 Å². The summed E-state index contributed by atoms with van der Waals surface area (Å²) in [7, 11) is 0. The second-order valence-electron chi connectivity index (χ2n) is 5.81. The Bertz CT molecular complexity index is 408.